The van der Waals surface area contributed by atoms with Gasteiger partial charge in [-0.05, 0) is 28.9 Å². The van der Waals surface area contributed by atoms with Crippen LogP contribution in [0.4, 0.5) is 0 Å². The number of carbonyl (C=O) groups is 1. The van der Waals surface area contributed by atoms with Crippen molar-refractivity contribution in [3.05, 3.63) is 16.4 Å². The molecule has 1 rings (SSSR count). The molecule has 0 atom stereocenters. The fourth-order valence-corrected chi connectivity index (χ4v) is 1.86. The van der Waals surface area contributed by atoms with Crippen LogP contribution in [0.5, 0.6) is 0 Å². The van der Waals surface area contributed by atoms with Crippen LogP contribution in [-0.2, 0) is 6.54 Å². The van der Waals surface area contributed by atoms with Crippen LogP contribution >= 0.6 is 15.9 Å². The van der Waals surface area contributed by atoms with Crippen LogP contribution in [0.3, 0.4) is 0 Å². The van der Waals surface area contributed by atoms with Crippen molar-refractivity contribution in [2.24, 2.45) is 0 Å². The van der Waals surface area contributed by atoms with E-state index < -0.39 is 0 Å². The second-order valence-corrected chi connectivity index (χ2v) is 4.12. The first kappa shape index (κ1) is 12.4. The minimum absolute atomic E-state index is 0.0784. The Hall–Kier alpha value is -0.680. The summed E-state index contributed by atoms with van der Waals surface area (Å²) in [4.78, 5) is 11.8. The first-order valence-corrected chi connectivity index (χ1v) is 5.95. The summed E-state index contributed by atoms with van der Waals surface area (Å²) in [5, 5.41) is 7.18. The zero-order chi connectivity index (χ0) is 11.3. The van der Waals surface area contributed by atoms with E-state index in [4.69, 9.17) is 0 Å². The molecule has 5 heteroatoms. The number of rotatable bonds is 6. The van der Waals surface area contributed by atoms with E-state index in [9.17, 15) is 4.79 Å². The molecular weight excluding hydrogens is 258 g/mol. The molecule has 4 nitrogen and oxygen atoms in total. The minimum atomic E-state index is 0.0784. The van der Waals surface area contributed by atoms with E-state index in [-0.39, 0.29) is 5.78 Å². The highest BCUT2D eigenvalue weighted by atomic mass is 79.9. The maximum Gasteiger partial charge on any atom is 0.195 e. The summed E-state index contributed by atoms with van der Waals surface area (Å²) in [5.74, 6) is 0.0784. The number of halogens is 1. The quantitative estimate of drug-likeness (QED) is 0.805. The van der Waals surface area contributed by atoms with Gasteiger partial charge in [-0.15, -0.1) is 0 Å². The molecule has 0 amide bonds. The molecule has 0 aliphatic rings. The van der Waals surface area contributed by atoms with Gasteiger partial charge in [0, 0.05) is 6.54 Å². The molecule has 15 heavy (non-hydrogen) atoms. The van der Waals surface area contributed by atoms with E-state index in [0.717, 1.165) is 24.0 Å². The average molecular weight is 274 g/mol. The molecule has 1 aromatic rings. The number of likely N-dealkylation sites (N-methyl/N-ethyl adjacent to an activating group) is 1. The minimum Gasteiger partial charge on any atom is -0.310 e. The van der Waals surface area contributed by atoms with E-state index in [1.165, 1.54) is 0 Å². The Morgan fingerprint density at radius 2 is 2.33 bits per heavy atom. The molecule has 1 heterocycles. The predicted octanol–water partition coefficient (Wildman–Crippen LogP) is 1.85. The third-order valence-electron chi connectivity index (χ3n) is 2.03. The first-order valence-electron chi connectivity index (χ1n) is 5.15. The number of aromatic nitrogens is 2. The number of nitrogens with one attached hydrogen (secondary N) is 1. The third kappa shape index (κ3) is 3.14. The summed E-state index contributed by atoms with van der Waals surface area (Å²) in [6, 6.07) is 0. The fraction of sp³-hybridized carbons (Fsp3) is 0.600. The second kappa shape index (κ2) is 6.02. The number of aryl methyl sites for hydroxylation is 1. The van der Waals surface area contributed by atoms with Crippen molar-refractivity contribution >= 4 is 21.7 Å². The van der Waals surface area contributed by atoms with E-state index in [2.05, 4.69) is 33.3 Å². The van der Waals surface area contributed by atoms with Crippen molar-refractivity contribution in [3.8, 4) is 0 Å². The van der Waals surface area contributed by atoms with Crippen LogP contribution < -0.4 is 5.32 Å². The van der Waals surface area contributed by atoms with Gasteiger partial charge in [-0.2, -0.15) is 5.10 Å². The van der Waals surface area contributed by atoms with Gasteiger partial charge in [0.2, 0.25) is 0 Å². The molecule has 0 saturated heterocycles. The summed E-state index contributed by atoms with van der Waals surface area (Å²) >= 11 is 3.35. The molecule has 0 saturated carbocycles. The second-order valence-electron chi connectivity index (χ2n) is 3.27. The highest BCUT2D eigenvalue weighted by Crippen LogP contribution is 2.16. The van der Waals surface area contributed by atoms with Crippen molar-refractivity contribution in [1.82, 2.24) is 15.1 Å². The maximum absolute atomic E-state index is 11.8. The monoisotopic (exact) mass is 273 g/mol. The predicted molar refractivity (Wildman–Crippen MR) is 63.1 cm³/mol. The normalized spacial score (nSPS) is 10.6. The van der Waals surface area contributed by atoms with E-state index in [1.54, 1.807) is 10.9 Å². The summed E-state index contributed by atoms with van der Waals surface area (Å²) in [5.41, 5.74) is 0.665. The van der Waals surface area contributed by atoms with E-state index in [1.807, 2.05) is 6.92 Å². The largest absolute Gasteiger partial charge is 0.310 e. The van der Waals surface area contributed by atoms with Gasteiger partial charge in [-0.25, -0.2) is 0 Å². The SMILES string of the molecule is CCCn1ncc(Br)c1C(=O)CNCC. The van der Waals surface area contributed by atoms with Crippen molar-refractivity contribution in [1.29, 1.82) is 0 Å². The van der Waals surface area contributed by atoms with Crippen LogP contribution in [0.25, 0.3) is 0 Å². The summed E-state index contributed by atoms with van der Waals surface area (Å²) in [6.45, 7) is 5.98. The molecule has 0 spiro atoms. The Balaban J connectivity index is 2.80. The van der Waals surface area contributed by atoms with E-state index in [0.29, 0.717) is 12.2 Å². The van der Waals surface area contributed by atoms with Crippen molar-refractivity contribution in [2.75, 3.05) is 13.1 Å². The Bertz CT molecular complexity index is 335. The number of nitrogens with zero attached hydrogens (tertiary/aromatic N) is 2. The van der Waals surface area contributed by atoms with Gasteiger partial charge in [0.1, 0.15) is 5.69 Å². The van der Waals surface area contributed by atoms with Crippen LogP contribution in [0.15, 0.2) is 10.7 Å². The molecule has 84 valence electrons. The molecule has 1 aromatic heterocycles. The lowest BCUT2D eigenvalue weighted by molar-refractivity contribution is 0.0980. The van der Waals surface area contributed by atoms with Gasteiger partial charge in [0.05, 0.1) is 17.2 Å². The standard InChI is InChI=1S/C10H16BrN3O/c1-3-5-14-10(8(11)6-13-14)9(15)7-12-4-2/h6,12H,3-5,7H2,1-2H3. The molecule has 0 bridgehead atoms. The number of Topliss-reactive ketones (excluding diaryl/α,β-unsaturated/α-hetero) is 1. The van der Waals surface area contributed by atoms with Crippen LogP contribution in [0, 0.1) is 0 Å². The van der Waals surface area contributed by atoms with Gasteiger partial charge < -0.3 is 5.32 Å². The molecule has 0 radical (unpaired) electrons. The zero-order valence-corrected chi connectivity index (χ0v) is 10.7. The van der Waals surface area contributed by atoms with E-state index >= 15 is 0 Å². The molecule has 0 aliphatic carbocycles. The first-order chi connectivity index (χ1) is 7.20. The van der Waals surface area contributed by atoms with Gasteiger partial charge in [0.25, 0.3) is 0 Å². The Morgan fingerprint density at radius 1 is 1.60 bits per heavy atom. The van der Waals surface area contributed by atoms with Gasteiger partial charge in [-0.3, -0.25) is 9.48 Å². The topological polar surface area (TPSA) is 46.9 Å². The lowest BCUT2D eigenvalue weighted by Gasteiger charge is -2.06. The van der Waals surface area contributed by atoms with Crippen LogP contribution in [0.1, 0.15) is 30.8 Å². The molecule has 0 unspecified atom stereocenters. The lowest BCUT2D eigenvalue weighted by Crippen LogP contribution is -2.25. The number of hydrogen-bond donors (Lipinski definition) is 1. The van der Waals surface area contributed by atoms with Crippen LogP contribution in [-0.4, -0.2) is 28.7 Å². The molecule has 0 aliphatic heterocycles. The fourth-order valence-electron chi connectivity index (χ4n) is 1.34. The van der Waals surface area contributed by atoms with Crippen molar-refractivity contribution < 1.29 is 4.79 Å². The molecule has 0 aromatic carbocycles. The van der Waals surface area contributed by atoms with Crippen molar-refractivity contribution in [2.45, 2.75) is 26.8 Å². The number of hydrogen-bond acceptors (Lipinski definition) is 3. The van der Waals surface area contributed by atoms with Gasteiger partial charge in [-0.1, -0.05) is 13.8 Å². The molecular formula is C10H16BrN3O. The third-order valence-corrected chi connectivity index (χ3v) is 2.61. The zero-order valence-electron chi connectivity index (χ0n) is 9.09. The van der Waals surface area contributed by atoms with Crippen LogP contribution in [0.2, 0.25) is 0 Å². The summed E-state index contributed by atoms with van der Waals surface area (Å²) in [6.07, 6.45) is 2.64. The Kier molecular flexibility index (Phi) is 4.98. The van der Waals surface area contributed by atoms with Gasteiger partial charge in [0.15, 0.2) is 5.78 Å². The number of ketones is 1. The molecule has 0 fully saturated rings. The summed E-state index contributed by atoms with van der Waals surface area (Å²) in [7, 11) is 0. The van der Waals surface area contributed by atoms with Crippen molar-refractivity contribution in [3.63, 3.8) is 0 Å². The maximum atomic E-state index is 11.8. The summed E-state index contributed by atoms with van der Waals surface area (Å²) < 4.78 is 2.53. The highest BCUT2D eigenvalue weighted by molar-refractivity contribution is 9.10. The Labute approximate surface area is 98.2 Å². The molecule has 1 N–H and O–H groups in total. The lowest BCUT2D eigenvalue weighted by atomic mass is 10.2. The number of carbonyl (C=O) groups excluding carboxylic acids is 1. The Morgan fingerprint density at radius 3 is 2.93 bits per heavy atom. The highest BCUT2D eigenvalue weighted by Gasteiger charge is 2.15. The van der Waals surface area contributed by atoms with Gasteiger partial charge >= 0.3 is 0 Å². The average Bonchev–Trinajstić information content (AvgIpc) is 2.57. The smallest absolute Gasteiger partial charge is 0.195 e.